The van der Waals surface area contributed by atoms with Crippen molar-refractivity contribution in [3.8, 4) is 5.75 Å². The average Bonchev–Trinajstić information content (AvgIpc) is 3.10. The van der Waals surface area contributed by atoms with Gasteiger partial charge in [0.15, 0.2) is 0 Å². The summed E-state index contributed by atoms with van der Waals surface area (Å²) in [7, 11) is 0. The lowest BCUT2D eigenvalue weighted by atomic mass is 10.0. The molecule has 0 bridgehead atoms. The van der Waals surface area contributed by atoms with Crippen LogP contribution in [-0.2, 0) is 11.4 Å². The molecule has 0 spiro atoms. The van der Waals surface area contributed by atoms with Gasteiger partial charge in [0.2, 0.25) is 0 Å². The number of rotatable bonds is 7. The minimum atomic E-state index is -0.981. The van der Waals surface area contributed by atoms with Crippen LogP contribution in [0.1, 0.15) is 41.8 Å². The Labute approximate surface area is 195 Å². The largest absolute Gasteiger partial charge is 0.488 e. The monoisotopic (exact) mass is 461 g/mol. The van der Waals surface area contributed by atoms with E-state index in [9.17, 15) is 14.4 Å². The number of imide groups is 1. The maximum Gasteiger partial charge on any atom is 0.335 e. The van der Waals surface area contributed by atoms with Gasteiger partial charge < -0.3 is 9.84 Å². The fourth-order valence-corrected chi connectivity index (χ4v) is 4.54. The smallest absolute Gasteiger partial charge is 0.335 e. The van der Waals surface area contributed by atoms with Gasteiger partial charge in [-0.15, -0.1) is 0 Å². The van der Waals surface area contributed by atoms with E-state index < -0.39 is 5.97 Å². The van der Waals surface area contributed by atoms with E-state index in [0.29, 0.717) is 17.1 Å². The van der Waals surface area contributed by atoms with Crippen molar-refractivity contribution in [2.75, 3.05) is 0 Å². The summed E-state index contributed by atoms with van der Waals surface area (Å²) in [5, 5.41) is 10.7. The lowest BCUT2D eigenvalue weighted by Crippen LogP contribution is -2.36. The Morgan fingerprint density at radius 2 is 1.82 bits per heavy atom. The van der Waals surface area contributed by atoms with Crippen molar-refractivity contribution in [2.45, 2.75) is 32.9 Å². The van der Waals surface area contributed by atoms with Crippen LogP contribution in [0.15, 0.2) is 65.6 Å². The Hall–Kier alpha value is -3.58. The Kier molecular flexibility index (Phi) is 6.51. The van der Waals surface area contributed by atoms with Crippen molar-refractivity contribution < 1.29 is 24.2 Å². The molecular weight excluding hydrogens is 438 g/mol. The van der Waals surface area contributed by atoms with Crippen LogP contribution >= 0.6 is 11.8 Å². The highest BCUT2D eigenvalue weighted by Crippen LogP contribution is 2.38. The van der Waals surface area contributed by atoms with Gasteiger partial charge in [-0.1, -0.05) is 49.4 Å². The van der Waals surface area contributed by atoms with E-state index in [2.05, 4.69) is 0 Å². The van der Waals surface area contributed by atoms with Crippen LogP contribution in [0, 0.1) is 0 Å². The molecule has 1 saturated heterocycles. The van der Waals surface area contributed by atoms with Gasteiger partial charge in [0.25, 0.3) is 11.1 Å². The summed E-state index contributed by atoms with van der Waals surface area (Å²) in [6.45, 7) is 4.03. The lowest BCUT2D eigenvalue weighted by molar-refractivity contribution is -0.124. The lowest BCUT2D eigenvalue weighted by Gasteiger charge is -2.19. The number of nitrogens with zero attached hydrogens (tertiary/aromatic N) is 1. The second-order valence-electron chi connectivity index (χ2n) is 7.80. The first kappa shape index (κ1) is 22.6. The Morgan fingerprint density at radius 3 is 2.52 bits per heavy atom. The standard InChI is InChI=1S/C26H23NO5S/c1-3-16(2)27-24(28)23(33-26(27)31)14-21-20-7-5-4-6-18(20)12-13-22(21)32-15-17-8-10-19(11-9-17)25(29)30/h4-14,16H,3,15H2,1-2H3,(H,29,30)/b23-14+/t16-/m0/s1. The number of benzene rings is 3. The normalized spacial score (nSPS) is 15.9. The van der Waals surface area contributed by atoms with Crippen LogP contribution in [0.25, 0.3) is 16.8 Å². The molecule has 2 amide bonds. The number of thioether (sulfide) groups is 1. The highest BCUT2D eigenvalue weighted by Gasteiger charge is 2.37. The molecule has 0 aromatic heterocycles. The van der Waals surface area contributed by atoms with Crippen LogP contribution in [0.5, 0.6) is 5.75 Å². The number of amides is 2. The molecule has 0 radical (unpaired) electrons. The van der Waals surface area contributed by atoms with E-state index >= 15 is 0 Å². The number of carbonyl (C=O) groups is 3. The van der Waals surface area contributed by atoms with Gasteiger partial charge in [-0.2, -0.15) is 0 Å². The first-order valence-electron chi connectivity index (χ1n) is 10.6. The van der Waals surface area contributed by atoms with Gasteiger partial charge in [-0.25, -0.2) is 4.79 Å². The summed E-state index contributed by atoms with van der Waals surface area (Å²) in [5.41, 5.74) is 1.75. The van der Waals surface area contributed by atoms with Gasteiger partial charge in [0.1, 0.15) is 12.4 Å². The molecule has 1 aliphatic heterocycles. The average molecular weight is 462 g/mol. The molecule has 1 atom stereocenters. The number of carboxylic acid groups (broad SMARTS) is 1. The molecule has 6 nitrogen and oxygen atoms in total. The maximum absolute atomic E-state index is 13.0. The number of hydrogen-bond acceptors (Lipinski definition) is 5. The van der Waals surface area contributed by atoms with Crippen molar-refractivity contribution in [3.05, 3.63) is 82.3 Å². The third kappa shape index (κ3) is 4.64. The van der Waals surface area contributed by atoms with E-state index in [1.165, 1.54) is 17.0 Å². The number of fused-ring (bicyclic) bond motifs is 1. The molecule has 0 aliphatic carbocycles. The van der Waals surface area contributed by atoms with E-state index in [1.807, 2.05) is 50.2 Å². The molecule has 0 saturated carbocycles. The number of hydrogen-bond donors (Lipinski definition) is 1. The molecule has 1 N–H and O–H groups in total. The second kappa shape index (κ2) is 9.50. The number of carbonyl (C=O) groups excluding carboxylic acids is 2. The van der Waals surface area contributed by atoms with Crippen LogP contribution in [0.2, 0.25) is 0 Å². The summed E-state index contributed by atoms with van der Waals surface area (Å²) in [5.74, 6) is -0.695. The number of carboxylic acids is 1. The third-order valence-electron chi connectivity index (χ3n) is 5.66. The van der Waals surface area contributed by atoms with Crippen molar-refractivity contribution in [1.82, 2.24) is 4.90 Å². The van der Waals surface area contributed by atoms with Gasteiger partial charge in [0.05, 0.1) is 10.5 Å². The van der Waals surface area contributed by atoms with Crippen molar-refractivity contribution >= 4 is 45.7 Å². The Morgan fingerprint density at radius 1 is 1.09 bits per heavy atom. The van der Waals surface area contributed by atoms with Crippen LogP contribution in [0.3, 0.4) is 0 Å². The van der Waals surface area contributed by atoms with Crippen molar-refractivity contribution in [3.63, 3.8) is 0 Å². The molecule has 33 heavy (non-hydrogen) atoms. The first-order valence-corrected chi connectivity index (χ1v) is 11.4. The fourth-order valence-electron chi connectivity index (χ4n) is 3.63. The van der Waals surface area contributed by atoms with Gasteiger partial charge in [-0.05, 0) is 65.7 Å². The van der Waals surface area contributed by atoms with E-state index in [1.54, 1.807) is 18.2 Å². The number of ether oxygens (including phenoxy) is 1. The van der Waals surface area contributed by atoms with Crippen LogP contribution in [-0.4, -0.2) is 33.2 Å². The summed E-state index contributed by atoms with van der Waals surface area (Å²) in [6, 6.07) is 17.9. The Bertz CT molecular complexity index is 1270. The molecule has 1 heterocycles. The third-order valence-corrected chi connectivity index (χ3v) is 6.54. The first-order chi connectivity index (χ1) is 15.9. The maximum atomic E-state index is 13.0. The predicted molar refractivity (Wildman–Crippen MR) is 129 cm³/mol. The summed E-state index contributed by atoms with van der Waals surface area (Å²) in [4.78, 5) is 38.2. The predicted octanol–water partition coefficient (Wildman–Crippen LogP) is 5.95. The van der Waals surface area contributed by atoms with Crippen molar-refractivity contribution in [1.29, 1.82) is 0 Å². The Balaban J connectivity index is 1.69. The molecule has 1 fully saturated rings. The zero-order chi connectivity index (χ0) is 23.5. The minimum Gasteiger partial charge on any atom is -0.488 e. The zero-order valence-corrected chi connectivity index (χ0v) is 19.1. The highest BCUT2D eigenvalue weighted by molar-refractivity contribution is 8.18. The van der Waals surface area contributed by atoms with Gasteiger partial charge in [-0.3, -0.25) is 14.5 Å². The van der Waals surface area contributed by atoms with Gasteiger partial charge >= 0.3 is 5.97 Å². The van der Waals surface area contributed by atoms with E-state index in [0.717, 1.165) is 33.7 Å². The molecule has 0 unspecified atom stereocenters. The number of aromatic carboxylic acids is 1. The SMILES string of the molecule is CC[C@H](C)N1C(=O)S/C(=C/c2c(OCc3ccc(C(=O)O)cc3)ccc3ccccc23)C1=O. The molecule has 3 aromatic rings. The summed E-state index contributed by atoms with van der Waals surface area (Å²) < 4.78 is 6.09. The van der Waals surface area contributed by atoms with E-state index in [4.69, 9.17) is 9.84 Å². The minimum absolute atomic E-state index is 0.166. The molecular formula is C26H23NO5S. The molecule has 3 aromatic carbocycles. The molecule has 168 valence electrons. The summed E-state index contributed by atoms with van der Waals surface area (Å²) in [6.07, 6.45) is 2.42. The van der Waals surface area contributed by atoms with Gasteiger partial charge in [0, 0.05) is 11.6 Å². The van der Waals surface area contributed by atoms with E-state index in [-0.39, 0.29) is 29.4 Å². The topological polar surface area (TPSA) is 83.9 Å². The van der Waals surface area contributed by atoms with Crippen LogP contribution in [0.4, 0.5) is 4.79 Å². The van der Waals surface area contributed by atoms with Crippen LogP contribution < -0.4 is 4.74 Å². The molecule has 1 aliphatic rings. The fraction of sp³-hybridized carbons (Fsp3) is 0.192. The highest BCUT2D eigenvalue weighted by atomic mass is 32.2. The quantitative estimate of drug-likeness (QED) is 0.438. The zero-order valence-electron chi connectivity index (χ0n) is 18.3. The van der Waals surface area contributed by atoms with Crippen molar-refractivity contribution in [2.24, 2.45) is 0 Å². The summed E-state index contributed by atoms with van der Waals surface area (Å²) >= 11 is 0.944. The molecule has 4 rings (SSSR count). The molecule has 7 heteroatoms. The second-order valence-corrected chi connectivity index (χ2v) is 8.79.